The molecule has 0 radical (unpaired) electrons. The van der Waals surface area contributed by atoms with E-state index in [1.807, 2.05) is 24.3 Å². The minimum absolute atomic E-state index is 0.0839. The predicted molar refractivity (Wildman–Crippen MR) is 77.4 cm³/mol. The Hall–Kier alpha value is -2.56. The van der Waals surface area contributed by atoms with E-state index in [1.165, 1.54) is 5.56 Å². The first-order valence-electron chi connectivity index (χ1n) is 6.32. The van der Waals surface area contributed by atoms with Crippen LogP contribution in [0.5, 0.6) is 11.5 Å². The zero-order valence-corrected chi connectivity index (χ0v) is 11.4. The summed E-state index contributed by atoms with van der Waals surface area (Å²) in [6.45, 7) is 4.26. The summed E-state index contributed by atoms with van der Waals surface area (Å²) in [4.78, 5) is 4.05. The van der Waals surface area contributed by atoms with Gasteiger partial charge >= 0.3 is 0 Å². The number of nitrogens with zero attached hydrogens (tertiary/aromatic N) is 2. The van der Waals surface area contributed by atoms with Crippen molar-refractivity contribution < 1.29 is 9.94 Å². The van der Waals surface area contributed by atoms with Gasteiger partial charge in [-0.1, -0.05) is 31.1 Å². The summed E-state index contributed by atoms with van der Waals surface area (Å²) < 4.78 is 5.73. The van der Waals surface area contributed by atoms with Gasteiger partial charge in [-0.2, -0.15) is 0 Å². The molecule has 0 unspecified atom stereocenters. The molecule has 0 saturated heterocycles. The van der Waals surface area contributed by atoms with Crippen LogP contribution in [0.3, 0.4) is 0 Å². The highest BCUT2D eigenvalue weighted by atomic mass is 16.5. The Balaban J connectivity index is 2.26. The number of hydrogen-bond donors (Lipinski definition) is 2. The Bertz CT molecular complexity index is 607. The Kier molecular flexibility index (Phi) is 4.20. The third kappa shape index (κ3) is 3.06. The molecule has 0 aliphatic carbocycles. The van der Waals surface area contributed by atoms with Crippen LogP contribution in [-0.2, 0) is 0 Å². The Labute approximate surface area is 117 Å². The standard InChI is InChI=1S/C15H17N3O2/c1-10(2)11-5-7-12(8-6-11)20-13-4-3-9-17-14(13)15(16)18-19/h3-10,19H,1-2H3,(H2,16,18). The molecular weight excluding hydrogens is 254 g/mol. The van der Waals surface area contributed by atoms with Gasteiger partial charge in [-0.25, -0.2) is 4.98 Å². The Morgan fingerprint density at radius 3 is 2.55 bits per heavy atom. The highest BCUT2D eigenvalue weighted by Crippen LogP contribution is 2.25. The van der Waals surface area contributed by atoms with E-state index in [-0.39, 0.29) is 5.84 Å². The topological polar surface area (TPSA) is 80.7 Å². The summed E-state index contributed by atoms with van der Waals surface area (Å²) in [5, 5.41) is 11.7. The second-order valence-corrected chi connectivity index (χ2v) is 4.66. The number of oxime groups is 1. The summed E-state index contributed by atoms with van der Waals surface area (Å²) in [5.74, 6) is 1.50. The molecule has 3 N–H and O–H groups in total. The molecule has 0 bridgehead atoms. The predicted octanol–water partition coefficient (Wildman–Crippen LogP) is 3.09. The lowest BCUT2D eigenvalue weighted by Gasteiger charge is -2.10. The van der Waals surface area contributed by atoms with Crippen molar-refractivity contribution in [1.82, 2.24) is 4.98 Å². The van der Waals surface area contributed by atoms with Crippen molar-refractivity contribution in [2.45, 2.75) is 19.8 Å². The Morgan fingerprint density at radius 2 is 1.95 bits per heavy atom. The fraction of sp³-hybridized carbons (Fsp3) is 0.200. The lowest BCUT2D eigenvalue weighted by molar-refractivity contribution is 0.318. The minimum Gasteiger partial charge on any atom is -0.455 e. The van der Waals surface area contributed by atoms with E-state index in [0.717, 1.165) is 0 Å². The largest absolute Gasteiger partial charge is 0.455 e. The van der Waals surface area contributed by atoms with E-state index in [9.17, 15) is 0 Å². The molecular formula is C15H17N3O2. The summed E-state index contributed by atoms with van der Waals surface area (Å²) in [5.41, 5.74) is 7.11. The molecule has 0 atom stereocenters. The van der Waals surface area contributed by atoms with Crippen LogP contribution in [0.25, 0.3) is 0 Å². The summed E-state index contributed by atoms with van der Waals surface area (Å²) >= 11 is 0. The molecule has 1 heterocycles. The number of ether oxygens (including phenoxy) is 1. The van der Waals surface area contributed by atoms with Crippen LogP contribution in [0.4, 0.5) is 0 Å². The second kappa shape index (κ2) is 6.06. The van der Waals surface area contributed by atoms with Gasteiger partial charge in [0.05, 0.1) is 0 Å². The number of amidine groups is 1. The van der Waals surface area contributed by atoms with E-state index in [2.05, 4.69) is 24.0 Å². The minimum atomic E-state index is -0.0839. The molecule has 5 nitrogen and oxygen atoms in total. The summed E-state index contributed by atoms with van der Waals surface area (Å²) in [7, 11) is 0. The van der Waals surface area contributed by atoms with Gasteiger partial charge < -0.3 is 15.7 Å². The van der Waals surface area contributed by atoms with Crippen LogP contribution >= 0.6 is 0 Å². The zero-order valence-electron chi connectivity index (χ0n) is 11.4. The van der Waals surface area contributed by atoms with E-state index in [0.29, 0.717) is 23.1 Å². The SMILES string of the molecule is CC(C)c1ccc(Oc2cccnc2/C(N)=N/O)cc1. The molecule has 0 aliphatic heterocycles. The molecule has 2 aromatic rings. The van der Waals surface area contributed by atoms with Crippen molar-refractivity contribution in [3.8, 4) is 11.5 Å². The number of benzene rings is 1. The molecule has 20 heavy (non-hydrogen) atoms. The molecule has 1 aromatic carbocycles. The fourth-order valence-electron chi connectivity index (χ4n) is 1.76. The van der Waals surface area contributed by atoms with Gasteiger partial charge in [0.2, 0.25) is 0 Å². The molecule has 5 heteroatoms. The molecule has 0 amide bonds. The molecule has 2 rings (SSSR count). The first-order valence-corrected chi connectivity index (χ1v) is 6.32. The molecule has 104 valence electrons. The maximum Gasteiger partial charge on any atom is 0.192 e. The number of hydrogen-bond acceptors (Lipinski definition) is 4. The van der Waals surface area contributed by atoms with Crippen molar-refractivity contribution in [2.75, 3.05) is 0 Å². The van der Waals surface area contributed by atoms with Gasteiger partial charge in [0.15, 0.2) is 17.3 Å². The van der Waals surface area contributed by atoms with Crippen molar-refractivity contribution in [3.63, 3.8) is 0 Å². The van der Waals surface area contributed by atoms with Crippen LogP contribution < -0.4 is 10.5 Å². The first kappa shape index (κ1) is 13.9. The monoisotopic (exact) mass is 271 g/mol. The quantitative estimate of drug-likeness (QED) is 0.387. The van der Waals surface area contributed by atoms with Crippen molar-refractivity contribution in [3.05, 3.63) is 53.9 Å². The van der Waals surface area contributed by atoms with Gasteiger partial charge in [-0.05, 0) is 35.7 Å². The van der Waals surface area contributed by atoms with Gasteiger partial charge in [-0.15, -0.1) is 0 Å². The van der Waals surface area contributed by atoms with Crippen LogP contribution in [0.1, 0.15) is 31.0 Å². The number of rotatable bonds is 4. The molecule has 0 aliphatic rings. The highest BCUT2D eigenvalue weighted by Gasteiger charge is 2.10. The van der Waals surface area contributed by atoms with Crippen LogP contribution in [0, 0.1) is 0 Å². The molecule has 0 saturated carbocycles. The van der Waals surface area contributed by atoms with Crippen molar-refractivity contribution in [2.24, 2.45) is 10.9 Å². The van der Waals surface area contributed by atoms with E-state index >= 15 is 0 Å². The third-order valence-corrected chi connectivity index (χ3v) is 2.90. The Morgan fingerprint density at radius 1 is 1.25 bits per heavy atom. The molecule has 0 fully saturated rings. The fourth-order valence-corrected chi connectivity index (χ4v) is 1.76. The van der Waals surface area contributed by atoms with Crippen molar-refractivity contribution >= 4 is 5.84 Å². The third-order valence-electron chi connectivity index (χ3n) is 2.90. The average molecular weight is 271 g/mol. The normalized spacial score (nSPS) is 11.7. The maximum absolute atomic E-state index is 8.74. The van der Waals surface area contributed by atoms with Gasteiger partial charge in [-0.3, -0.25) is 0 Å². The lowest BCUT2D eigenvalue weighted by atomic mass is 10.0. The first-order chi connectivity index (χ1) is 9.61. The van der Waals surface area contributed by atoms with Gasteiger partial charge in [0.25, 0.3) is 0 Å². The molecule has 1 aromatic heterocycles. The average Bonchev–Trinajstić information content (AvgIpc) is 2.47. The van der Waals surface area contributed by atoms with E-state index < -0.39 is 0 Å². The maximum atomic E-state index is 8.74. The second-order valence-electron chi connectivity index (χ2n) is 4.66. The van der Waals surface area contributed by atoms with Gasteiger partial charge in [0.1, 0.15) is 5.75 Å². The van der Waals surface area contributed by atoms with Gasteiger partial charge in [0, 0.05) is 6.20 Å². The smallest absolute Gasteiger partial charge is 0.192 e. The van der Waals surface area contributed by atoms with Crippen molar-refractivity contribution in [1.29, 1.82) is 0 Å². The van der Waals surface area contributed by atoms with E-state index in [1.54, 1.807) is 18.3 Å². The lowest BCUT2D eigenvalue weighted by Crippen LogP contribution is -2.15. The highest BCUT2D eigenvalue weighted by molar-refractivity contribution is 5.97. The molecule has 0 spiro atoms. The number of nitrogens with two attached hydrogens (primary N) is 1. The van der Waals surface area contributed by atoms with E-state index in [4.69, 9.17) is 15.7 Å². The van der Waals surface area contributed by atoms with Crippen LogP contribution in [0.15, 0.2) is 47.8 Å². The van der Waals surface area contributed by atoms with Crippen LogP contribution in [-0.4, -0.2) is 16.0 Å². The number of aromatic nitrogens is 1. The zero-order chi connectivity index (χ0) is 14.5. The summed E-state index contributed by atoms with van der Waals surface area (Å²) in [6.07, 6.45) is 1.56. The summed E-state index contributed by atoms with van der Waals surface area (Å²) in [6, 6.07) is 11.2. The number of pyridine rings is 1. The van der Waals surface area contributed by atoms with Crippen LogP contribution in [0.2, 0.25) is 0 Å².